The molecule has 0 N–H and O–H groups in total. The van der Waals surface area contributed by atoms with Crippen molar-refractivity contribution >= 4 is 11.6 Å². The van der Waals surface area contributed by atoms with Crippen LogP contribution in [0.25, 0.3) is 0 Å². The van der Waals surface area contributed by atoms with Gasteiger partial charge < -0.3 is 0 Å². The Kier molecular flexibility index (Phi) is 11.1. The maximum absolute atomic E-state index is 6.45. The zero-order chi connectivity index (χ0) is 21.0. The highest BCUT2D eigenvalue weighted by molar-refractivity contribution is 6.31. The summed E-state index contributed by atoms with van der Waals surface area (Å²) in [6.07, 6.45) is 26.3. The molecule has 0 nitrogen and oxygen atoms in total. The molecule has 0 spiro atoms. The summed E-state index contributed by atoms with van der Waals surface area (Å²) in [7, 11) is 0. The molecule has 0 aliphatic heterocycles. The van der Waals surface area contributed by atoms with Crippen molar-refractivity contribution in [3.05, 3.63) is 34.9 Å². The SMILES string of the molecule is CCCCCCCCCCCC1CCC(C2CCC(c3ccccc3Cl)CC2)CC1. The highest BCUT2D eigenvalue weighted by Crippen LogP contribution is 2.45. The van der Waals surface area contributed by atoms with Gasteiger partial charge in [-0.2, -0.15) is 0 Å². The second-order valence-electron chi connectivity index (χ2n) is 10.5. The number of unbranched alkanes of at least 4 members (excludes halogenated alkanes) is 8. The fourth-order valence-corrected chi connectivity index (χ4v) is 6.69. The molecule has 1 aromatic rings. The highest BCUT2D eigenvalue weighted by Gasteiger charge is 2.31. The molecule has 0 atom stereocenters. The molecule has 0 saturated heterocycles. The van der Waals surface area contributed by atoms with Gasteiger partial charge in [0.05, 0.1) is 0 Å². The van der Waals surface area contributed by atoms with Crippen LogP contribution in [0.4, 0.5) is 0 Å². The Labute approximate surface area is 192 Å². The Hall–Kier alpha value is -0.490. The van der Waals surface area contributed by atoms with E-state index < -0.39 is 0 Å². The zero-order valence-corrected chi connectivity index (χ0v) is 20.5. The summed E-state index contributed by atoms with van der Waals surface area (Å²) in [5, 5.41) is 0.984. The quantitative estimate of drug-likeness (QED) is 0.289. The highest BCUT2D eigenvalue weighted by atomic mass is 35.5. The first-order valence-electron chi connectivity index (χ1n) is 13.5. The third-order valence-electron chi connectivity index (χ3n) is 8.39. The number of hydrogen-bond donors (Lipinski definition) is 0. The first-order chi connectivity index (χ1) is 14.8. The molecular weight excluding hydrogens is 384 g/mol. The van der Waals surface area contributed by atoms with Crippen LogP contribution in [0.1, 0.15) is 134 Å². The minimum Gasteiger partial charge on any atom is -0.0840 e. The van der Waals surface area contributed by atoms with Gasteiger partial charge in [-0.05, 0) is 73.8 Å². The van der Waals surface area contributed by atoms with Gasteiger partial charge in [-0.3, -0.25) is 0 Å². The van der Waals surface area contributed by atoms with E-state index in [-0.39, 0.29) is 0 Å². The summed E-state index contributed by atoms with van der Waals surface area (Å²) < 4.78 is 0. The van der Waals surface area contributed by atoms with Gasteiger partial charge in [-0.15, -0.1) is 0 Å². The van der Waals surface area contributed by atoms with E-state index in [1.807, 2.05) is 0 Å². The van der Waals surface area contributed by atoms with Crippen LogP contribution in [0.5, 0.6) is 0 Å². The smallest absolute Gasteiger partial charge is 0.0440 e. The van der Waals surface area contributed by atoms with E-state index in [4.69, 9.17) is 11.6 Å². The van der Waals surface area contributed by atoms with Crippen molar-refractivity contribution < 1.29 is 0 Å². The van der Waals surface area contributed by atoms with Crippen LogP contribution in [0.3, 0.4) is 0 Å². The van der Waals surface area contributed by atoms with E-state index in [2.05, 4.69) is 31.2 Å². The second kappa shape index (κ2) is 13.8. The van der Waals surface area contributed by atoms with E-state index in [1.165, 1.54) is 121 Å². The third kappa shape index (κ3) is 7.89. The molecule has 170 valence electrons. The van der Waals surface area contributed by atoms with Crippen LogP contribution in [0.15, 0.2) is 24.3 Å². The van der Waals surface area contributed by atoms with Crippen molar-refractivity contribution in [3.8, 4) is 0 Å². The average molecular weight is 431 g/mol. The predicted molar refractivity (Wildman–Crippen MR) is 133 cm³/mol. The molecule has 0 bridgehead atoms. The number of benzene rings is 1. The Morgan fingerprint density at radius 1 is 0.667 bits per heavy atom. The van der Waals surface area contributed by atoms with Gasteiger partial charge in [0.15, 0.2) is 0 Å². The predicted octanol–water partition coefficient (Wildman–Crippen LogP) is 10.3. The maximum Gasteiger partial charge on any atom is 0.0440 e. The Morgan fingerprint density at radius 2 is 1.20 bits per heavy atom. The molecule has 0 unspecified atom stereocenters. The van der Waals surface area contributed by atoms with Gasteiger partial charge in [0.1, 0.15) is 0 Å². The molecule has 2 aliphatic carbocycles. The largest absolute Gasteiger partial charge is 0.0840 e. The molecule has 2 aliphatic rings. The van der Waals surface area contributed by atoms with Gasteiger partial charge >= 0.3 is 0 Å². The zero-order valence-electron chi connectivity index (χ0n) is 19.7. The lowest BCUT2D eigenvalue weighted by Crippen LogP contribution is -2.25. The monoisotopic (exact) mass is 430 g/mol. The molecule has 0 radical (unpaired) electrons. The average Bonchev–Trinajstić information content (AvgIpc) is 2.79. The van der Waals surface area contributed by atoms with E-state index in [0.717, 1.165) is 22.8 Å². The Bertz CT molecular complexity index is 563. The van der Waals surface area contributed by atoms with Crippen LogP contribution in [-0.4, -0.2) is 0 Å². The first kappa shape index (κ1) is 24.2. The van der Waals surface area contributed by atoms with Gasteiger partial charge in [0.25, 0.3) is 0 Å². The van der Waals surface area contributed by atoms with Gasteiger partial charge in [-0.25, -0.2) is 0 Å². The summed E-state index contributed by atoms with van der Waals surface area (Å²) in [6, 6.07) is 8.54. The first-order valence-corrected chi connectivity index (χ1v) is 13.9. The fourth-order valence-electron chi connectivity index (χ4n) is 6.40. The van der Waals surface area contributed by atoms with Crippen LogP contribution in [-0.2, 0) is 0 Å². The standard InChI is InChI=1S/C29H47Cl/c1-2-3-4-5-6-7-8-9-10-13-24-16-18-25(19-17-24)26-20-22-27(23-21-26)28-14-11-12-15-29(28)30/h11-12,14-15,24-27H,2-10,13,16-23H2,1H3. The summed E-state index contributed by atoms with van der Waals surface area (Å²) in [5.41, 5.74) is 1.40. The van der Waals surface area contributed by atoms with Crippen molar-refractivity contribution in [1.82, 2.24) is 0 Å². The lowest BCUT2D eigenvalue weighted by atomic mass is 9.68. The van der Waals surface area contributed by atoms with Gasteiger partial charge in [0.2, 0.25) is 0 Å². The lowest BCUT2D eigenvalue weighted by Gasteiger charge is -2.38. The van der Waals surface area contributed by atoms with Crippen molar-refractivity contribution in [2.75, 3.05) is 0 Å². The molecule has 2 fully saturated rings. The molecule has 30 heavy (non-hydrogen) atoms. The Morgan fingerprint density at radius 3 is 1.80 bits per heavy atom. The number of hydrogen-bond acceptors (Lipinski definition) is 0. The Balaban J connectivity index is 1.24. The van der Waals surface area contributed by atoms with Crippen LogP contribution >= 0.6 is 11.6 Å². The van der Waals surface area contributed by atoms with Crippen molar-refractivity contribution in [2.24, 2.45) is 17.8 Å². The third-order valence-corrected chi connectivity index (χ3v) is 8.74. The maximum atomic E-state index is 6.45. The van der Waals surface area contributed by atoms with E-state index in [0.29, 0.717) is 5.92 Å². The molecule has 0 amide bonds. The summed E-state index contributed by atoms with van der Waals surface area (Å²) in [4.78, 5) is 0. The summed E-state index contributed by atoms with van der Waals surface area (Å²) in [6.45, 7) is 2.31. The molecule has 3 rings (SSSR count). The molecule has 1 heteroatoms. The molecule has 2 saturated carbocycles. The molecule has 1 aromatic carbocycles. The van der Waals surface area contributed by atoms with E-state index in [1.54, 1.807) is 0 Å². The van der Waals surface area contributed by atoms with E-state index in [9.17, 15) is 0 Å². The molecule has 0 heterocycles. The van der Waals surface area contributed by atoms with Crippen molar-refractivity contribution in [1.29, 1.82) is 0 Å². The number of rotatable bonds is 12. The number of halogens is 1. The van der Waals surface area contributed by atoms with Gasteiger partial charge in [-0.1, -0.05) is 114 Å². The molecule has 0 aromatic heterocycles. The van der Waals surface area contributed by atoms with Crippen molar-refractivity contribution in [2.45, 2.75) is 128 Å². The van der Waals surface area contributed by atoms with Gasteiger partial charge in [0, 0.05) is 5.02 Å². The minimum atomic E-state index is 0.706. The van der Waals surface area contributed by atoms with Crippen LogP contribution < -0.4 is 0 Å². The lowest BCUT2D eigenvalue weighted by molar-refractivity contribution is 0.155. The van der Waals surface area contributed by atoms with Crippen LogP contribution in [0, 0.1) is 17.8 Å². The molecular formula is C29H47Cl. The fraction of sp³-hybridized carbons (Fsp3) is 0.793. The second-order valence-corrected chi connectivity index (χ2v) is 10.9. The van der Waals surface area contributed by atoms with Crippen molar-refractivity contribution in [3.63, 3.8) is 0 Å². The summed E-state index contributed by atoms with van der Waals surface area (Å²) in [5.74, 6) is 3.78. The topological polar surface area (TPSA) is 0 Å². The van der Waals surface area contributed by atoms with Crippen LogP contribution in [0.2, 0.25) is 5.02 Å². The van der Waals surface area contributed by atoms with E-state index >= 15 is 0 Å². The minimum absolute atomic E-state index is 0.706. The summed E-state index contributed by atoms with van der Waals surface area (Å²) >= 11 is 6.45. The normalized spacial score (nSPS) is 27.3.